The van der Waals surface area contributed by atoms with Gasteiger partial charge in [-0.3, -0.25) is 9.69 Å². The molecule has 0 saturated carbocycles. The molecular formula is C40H45N3O3S. The van der Waals surface area contributed by atoms with Crippen molar-refractivity contribution < 1.29 is 14.3 Å². The van der Waals surface area contributed by atoms with Gasteiger partial charge in [-0.1, -0.05) is 112 Å². The third kappa shape index (κ3) is 9.53. The predicted molar refractivity (Wildman–Crippen MR) is 191 cm³/mol. The fourth-order valence-corrected chi connectivity index (χ4v) is 6.42. The SMILES string of the molecule is COc1ccc(CCN(Cc2ccc(C(C)(C)C)cc2)Cc2nc(C(=O)N[C@H](Cc3ccccc3)c3ccccc3)cs2)cc1OC. The van der Waals surface area contributed by atoms with Crippen molar-refractivity contribution in [1.82, 2.24) is 15.2 Å². The number of benzene rings is 4. The highest BCUT2D eigenvalue weighted by molar-refractivity contribution is 7.09. The van der Waals surface area contributed by atoms with Crippen molar-refractivity contribution in [2.24, 2.45) is 0 Å². The lowest BCUT2D eigenvalue weighted by Gasteiger charge is -2.23. The first kappa shape index (κ1) is 33.9. The van der Waals surface area contributed by atoms with Crippen LogP contribution in [0.25, 0.3) is 0 Å². The van der Waals surface area contributed by atoms with Gasteiger partial charge < -0.3 is 14.8 Å². The number of carbonyl (C=O) groups is 1. The fourth-order valence-electron chi connectivity index (χ4n) is 5.60. The highest BCUT2D eigenvalue weighted by atomic mass is 32.1. The average Bonchev–Trinajstić information content (AvgIpc) is 3.56. The monoisotopic (exact) mass is 647 g/mol. The summed E-state index contributed by atoms with van der Waals surface area (Å²) in [6.45, 7) is 8.92. The normalized spacial score (nSPS) is 12.1. The van der Waals surface area contributed by atoms with Crippen LogP contribution in [0, 0.1) is 0 Å². The van der Waals surface area contributed by atoms with E-state index in [4.69, 9.17) is 14.5 Å². The number of methoxy groups -OCH3 is 2. The lowest BCUT2D eigenvalue weighted by Crippen LogP contribution is -2.30. The van der Waals surface area contributed by atoms with Crippen molar-refractivity contribution in [3.05, 3.63) is 147 Å². The molecule has 0 saturated heterocycles. The number of carbonyl (C=O) groups excluding carboxylic acids is 1. The van der Waals surface area contributed by atoms with Gasteiger partial charge in [-0.25, -0.2) is 4.98 Å². The molecule has 1 heterocycles. The summed E-state index contributed by atoms with van der Waals surface area (Å²) >= 11 is 1.53. The number of hydrogen-bond acceptors (Lipinski definition) is 6. The van der Waals surface area contributed by atoms with E-state index < -0.39 is 0 Å². The van der Waals surface area contributed by atoms with Crippen molar-refractivity contribution in [2.45, 2.75) is 58.2 Å². The second-order valence-corrected chi connectivity index (χ2v) is 13.8. The van der Waals surface area contributed by atoms with E-state index in [9.17, 15) is 4.79 Å². The van der Waals surface area contributed by atoms with Gasteiger partial charge in [-0.2, -0.15) is 0 Å². The van der Waals surface area contributed by atoms with Crippen LogP contribution in [0.2, 0.25) is 0 Å². The molecule has 244 valence electrons. The molecule has 1 aromatic heterocycles. The molecule has 7 heteroatoms. The van der Waals surface area contributed by atoms with Gasteiger partial charge in [0.15, 0.2) is 11.5 Å². The van der Waals surface area contributed by atoms with Gasteiger partial charge in [0, 0.05) is 18.5 Å². The quantitative estimate of drug-likeness (QED) is 0.131. The van der Waals surface area contributed by atoms with Gasteiger partial charge >= 0.3 is 0 Å². The van der Waals surface area contributed by atoms with Gasteiger partial charge in [-0.05, 0) is 58.2 Å². The summed E-state index contributed by atoms with van der Waals surface area (Å²) < 4.78 is 11.0. The van der Waals surface area contributed by atoms with Crippen LogP contribution in [-0.2, 0) is 31.3 Å². The summed E-state index contributed by atoms with van der Waals surface area (Å²) in [5, 5.41) is 6.04. The minimum absolute atomic E-state index is 0.101. The first-order chi connectivity index (χ1) is 22.7. The zero-order valence-electron chi connectivity index (χ0n) is 28.0. The van der Waals surface area contributed by atoms with E-state index in [2.05, 4.69) is 85.6 Å². The number of hydrogen-bond donors (Lipinski definition) is 1. The molecule has 0 spiro atoms. The maximum atomic E-state index is 13.5. The minimum atomic E-state index is -0.162. The average molecular weight is 648 g/mol. The van der Waals surface area contributed by atoms with E-state index in [0.717, 1.165) is 41.6 Å². The summed E-state index contributed by atoms with van der Waals surface area (Å²) in [4.78, 5) is 20.8. The molecule has 1 atom stereocenters. The molecule has 1 N–H and O–H groups in total. The number of nitrogens with one attached hydrogen (secondary N) is 1. The van der Waals surface area contributed by atoms with Crippen LogP contribution in [0.3, 0.4) is 0 Å². The number of rotatable bonds is 14. The summed E-state index contributed by atoms with van der Waals surface area (Å²) in [6, 6.07) is 35.2. The Morgan fingerprint density at radius 1 is 0.809 bits per heavy atom. The molecule has 0 unspecified atom stereocenters. The standard InChI is InChI=1S/C40H45N3O3S/c1-40(2,3)33-19-16-31(17-20-33)26-43(23-22-30-18-21-36(45-4)37(25-30)46-5)27-38-41-35(28-47-38)39(44)42-34(32-14-10-7-11-15-32)24-29-12-8-6-9-13-29/h6-21,25,28,34H,22-24,26-27H2,1-5H3,(H,42,44)/t34-/m1/s1. The van der Waals surface area contributed by atoms with Gasteiger partial charge in [-0.15, -0.1) is 11.3 Å². The van der Waals surface area contributed by atoms with E-state index in [0.29, 0.717) is 18.7 Å². The van der Waals surface area contributed by atoms with Crippen molar-refractivity contribution in [1.29, 1.82) is 0 Å². The Bertz CT molecular complexity index is 1710. The molecule has 0 aliphatic carbocycles. The van der Waals surface area contributed by atoms with Gasteiger partial charge in [0.05, 0.1) is 26.8 Å². The Morgan fingerprint density at radius 2 is 1.47 bits per heavy atom. The molecule has 0 radical (unpaired) electrons. The fraction of sp³-hybridized carbons (Fsp3) is 0.300. The first-order valence-corrected chi connectivity index (χ1v) is 17.0. The lowest BCUT2D eigenvalue weighted by molar-refractivity contribution is 0.0931. The third-order valence-corrected chi connectivity index (χ3v) is 9.16. The molecule has 6 nitrogen and oxygen atoms in total. The molecule has 5 aromatic rings. The third-order valence-electron chi connectivity index (χ3n) is 8.32. The Hall–Kier alpha value is -4.46. The molecule has 0 aliphatic rings. The Balaban J connectivity index is 1.31. The highest BCUT2D eigenvalue weighted by Crippen LogP contribution is 2.28. The smallest absolute Gasteiger partial charge is 0.271 e. The van der Waals surface area contributed by atoms with Gasteiger partial charge in [0.25, 0.3) is 5.91 Å². The Kier molecular flexibility index (Phi) is 11.5. The van der Waals surface area contributed by atoms with Crippen molar-refractivity contribution in [3.8, 4) is 11.5 Å². The molecule has 47 heavy (non-hydrogen) atoms. The molecule has 4 aromatic carbocycles. The van der Waals surface area contributed by atoms with Crippen LogP contribution < -0.4 is 14.8 Å². The van der Waals surface area contributed by atoms with E-state index in [1.807, 2.05) is 53.9 Å². The lowest BCUT2D eigenvalue weighted by atomic mass is 9.87. The molecule has 0 fully saturated rings. The van der Waals surface area contributed by atoms with Crippen LogP contribution in [-0.4, -0.2) is 36.6 Å². The Morgan fingerprint density at radius 3 is 2.13 bits per heavy atom. The van der Waals surface area contributed by atoms with Crippen LogP contribution in [0.1, 0.15) is 70.1 Å². The highest BCUT2D eigenvalue weighted by Gasteiger charge is 2.20. The number of ether oxygens (including phenoxy) is 2. The van der Waals surface area contributed by atoms with E-state index in [-0.39, 0.29) is 17.4 Å². The minimum Gasteiger partial charge on any atom is -0.493 e. The summed E-state index contributed by atoms with van der Waals surface area (Å²) in [5.41, 5.74) is 6.51. The van der Waals surface area contributed by atoms with Crippen LogP contribution >= 0.6 is 11.3 Å². The van der Waals surface area contributed by atoms with E-state index in [1.54, 1.807) is 14.2 Å². The largest absolute Gasteiger partial charge is 0.493 e. The van der Waals surface area contributed by atoms with E-state index in [1.165, 1.54) is 33.6 Å². The topological polar surface area (TPSA) is 63.7 Å². The molecule has 1 amide bonds. The number of amides is 1. The van der Waals surface area contributed by atoms with Crippen molar-refractivity contribution >= 4 is 17.2 Å². The van der Waals surface area contributed by atoms with Crippen LogP contribution in [0.5, 0.6) is 11.5 Å². The van der Waals surface area contributed by atoms with Gasteiger partial charge in [0.2, 0.25) is 0 Å². The summed E-state index contributed by atoms with van der Waals surface area (Å²) in [6.07, 6.45) is 1.53. The Labute approximate surface area is 283 Å². The maximum absolute atomic E-state index is 13.5. The van der Waals surface area contributed by atoms with Gasteiger partial charge in [0.1, 0.15) is 10.7 Å². The van der Waals surface area contributed by atoms with Crippen LogP contribution in [0.4, 0.5) is 0 Å². The summed E-state index contributed by atoms with van der Waals surface area (Å²) in [7, 11) is 3.31. The van der Waals surface area contributed by atoms with E-state index >= 15 is 0 Å². The van der Waals surface area contributed by atoms with Crippen molar-refractivity contribution in [3.63, 3.8) is 0 Å². The zero-order valence-corrected chi connectivity index (χ0v) is 28.8. The molecule has 0 bridgehead atoms. The van der Waals surface area contributed by atoms with Crippen molar-refractivity contribution in [2.75, 3.05) is 20.8 Å². The zero-order chi connectivity index (χ0) is 33.2. The number of aromatic nitrogens is 1. The number of nitrogens with zero attached hydrogens (tertiary/aromatic N) is 2. The maximum Gasteiger partial charge on any atom is 0.271 e. The predicted octanol–water partition coefficient (Wildman–Crippen LogP) is 8.42. The summed E-state index contributed by atoms with van der Waals surface area (Å²) in [5.74, 6) is 1.29. The molecule has 0 aliphatic heterocycles. The van der Waals surface area contributed by atoms with Crippen LogP contribution in [0.15, 0.2) is 109 Å². The molecule has 5 rings (SSSR count). The second-order valence-electron chi connectivity index (χ2n) is 12.8. The first-order valence-electron chi connectivity index (χ1n) is 16.1. The second kappa shape index (κ2) is 15.9. The molecular weight excluding hydrogens is 603 g/mol. The number of thiazole rings is 1.